The first-order valence-corrected chi connectivity index (χ1v) is 9.62. The summed E-state index contributed by atoms with van der Waals surface area (Å²) in [6.45, 7) is 5.68. The van der Waals surface area contributed by atoms with Crippen molar-refractivity contribution in [3.05, 3.63) is 41.7 Å². The zero-order valence-electron chi connectivity index (χ0n) is 16.5. The number of hydrogen-bond donors (Lipinski definition) is 2. The SMILES string of the molecule is CCn1c(C)nc2cc(C(=O)N=Nc3c(O)[nH]c4cc5c(cc34)OCCO5)ccc21. The van der Waals surface area contributed by atoms with Crippen LogP contribution in [0.5, 0.6) is 17.4 Å². The summed E-state index contributed by atoms with van der Waals surface area (Å²) in [5.74, 6) is 1.33. The highest BCUT2D eigenvalue weighted by molar-refractivity contribution is 5.99. The normalized spacial score (nSPS) is 13.5. The molecule has 0 saturated carbocycles. The number of aromatic nitrogens is 3. The van der Waals surface area contributed by atoms with Gasteiger partial charge in [-0.05, 0) is 38.1 Å². The Kier molecular flexibility index (Phi) is 4.16. The van der Waals surface area contributed by atoms with Crippen LogP contribution >= 0.6 is 0 Å². The van der Waals surface area contributed by atoms with Gasteiger partial charge in [0.1, 0.15) is 19.0 Å². The number of nitrogens with zero attached hydrogens (tertiary/aromatic N) is 4. The van der Waals surface area contributed by atoms with Gasteiger partial charge in [0.2, 0.25) is 5.88 Å². The highest BCUT2D eigenvalue weighted by Crippen LogP contribution is 2.42. The van der Waals surface area contributed by atoms with Gasteiger partial charge in [-0.2, -0.15) is 0 Å². The first kappa shape index (κ1) is 18.2. The molecule has 0 aliphatic carbocycles. The second-order valence-electron chi connectivity index (χ2n) is 6.98. The number of ether oxygens (including phenoxy) is 2. The summed E-state index contributed by atoms with van der Waals surface area (Å²) < 4.78 is 13.2. The fourth-order valence-corrected chi connectivity index (χ4v) is 3.74. The smallest absolute Gasteiger partial charge is 0.295 e. The number of fused-ring (bicyclic) bond motifs is 3. The maximum Gasteiger partial charge on any atom is 0.295 e. The molecule has 0 saturated heterocycles. The van der Waals surface area contributed by atoms with Crippen LogP contribution in [-0.4, -0.2) is 38.8 Å². The first-order valence-electron chi connectivity index (χ1n) is 9.62. The van der Waals surface area contributed by atoms with E-state index in [4.69, 9.17) is 9.47 Å². The molecule has 5 rings (SSSR count). The lowest BCUT2D eigenvalue weighted by Gasteiger charge is -2.17. The number of aromatic amines is 1. The van der Waals surface area contributed by atoms with Crippen LogP contribution in [0.2, 0.25) is 0 Å². The van der Waals surface area contributed by atoms with Crippen molar-refractivity contribution in [3.8, 4) is 17.4 Å². The van der Waals surface area contributed by atoms with Crippen LogP contribution in [0.3, 0.4) is 0 Å². The third-order valence-electron chi connectivity index (χ3n) is 5.16. The Morgan fingerprint density at radius 1 is 1.23 bits per heavy atom. The molecule has 2 aromatic carbocycles. The van der Waals surface area contributed by atoms with Crippen LogP contribution in [-0.2, 0) is 6.54 Å². The van der Waals surface area contributed by atoms with E-state index >= 15 is 0 Å². The molecule has 0 fully saturated rings. The second kappa shape index (κ2) is 6.87. The van der Waals surface area contributed by atoms with Crippen LogP contribution in [0.1, 0.15) is 23.1 Å². The topological polar surface area (TPSA) is 114 Å². The molecule has 0 spiro atoms. The van der Waals surface area contributed by atoms with Gasteiger partial charge >= 0.3 is 0 Å². The summed E-state index contributed by atoms with van der Waals surface area (Å²) in [6.07, 6.45) is 0. The molecular formula is C21H19N5O4. The molecule has 0 unspecified atom stereocenters. The van der Waals surface area contributed by atoms with Gasteiger partial charge < -0.3 is 24.1 Å². The maximum atomic E-state index is 12.6. The van der Waals surface area contributed by atoms with Crippen molar-refractivity contribution >= 4 is 33.5 Å². The number of nitrogens with one attached hydrogen (secondary N) is 1. The fourth-order valence-electron chi connectivity index (χ4n) is 3.74. The summed E-state index contributed by atoms with van der Waals surface area (Å²) in [5, 5.41) is 18.7. The number of aryl methyl sites for hydroxylation is 2. The van der Waals surface area contributed by atoms with Crippen molar-refractivity contribution in [2.45, 2.75) is 20.4 Å². The molecule has 30 heavy (non-hydrogen) atoms. The number of amides is 1. The van der Waals surface area contributed by atoms with Gasteiger partial charge in [-0.15, -0.1) is 10.2 Å². The van der Waals surface area contributed by atoms with Crippen molar-refractivity contribution in [3.63, 3.8) is 0 Å². The first-order chi connectivity index (χ1) is 14.5. The van der Waals surface area contributed by atoms with E-state index in [1.165, 1.54) is 0 Å². The minimum Gasteiger partial charge on any atom is -0.493 e. The molecule has 3 heterocycles. The monoisotopic (exact) mass is 405 g/mol. The van der Waals surface area contributed by atoms with Gasteiger partial charge in [-0.3, -0.25) is 4.79 Å². The van der Waals surface area contributed by atoms with Crippen molar-refractivity contribution in [2.75, 3.05) is 13.2 Å². The molecule has 2 N–H and O–H groups in total. The summed E-state index contributed by atoms with van der Waals surface area (Å²) in [7, 11) is 0. The number of H-pyrrole nitrogens is 1. The number of imidazole rings is 1. The maximum absolute atomic E-state index is 12.6. The van der Waals surface area contributed by atoms with E-state index in [1.807, 2.05) is 19.9 Å². The number of carbonyl (C=O) groups is 1. The average Bonchev–Trinajstić information content (AvgIpc) is 3.23. The van der Waals surface area contributed by atoms with Gasteiger partial charge in [0.25, 0.3) is 5.91 Å². The third-order valence-corrected chi connectivity index (χ3v) is 5.16. The zero-order valence-corrected chi connectivity index (χ0v) is 16.5. The van der Waals surface area contributed by atoms with Crippen LogP contribution in [0.15, 0.2) is 40.6 Å². The molecule has 4 aromatic rings. The number of aromatic hydroxyl groups is 1. The van der Waals surface area contributed by atoms with E-state index in [0.717, 1.165) is 23.4 Å². The Balaban J connectivity index is 1.49. The largest absolute Gasteiger partial charge is 0.493 e. The summed E-state index contributed by atoms with van der Waals surface area (Å²) in [4.78, 5) is 19.9. The zero-order chi connectivity index (χ0) is 20.8. The van der Waals surface area contributed by atoms with Crippen LogP contribution < -0.4 is 9.47 Å². The average molecular weight is 405 g/mol. The van der Waals surface area contributed by atoms with Crippen molar-refractivity contribution in [1.29, 1.82) is 0 Å². The Morgan fingerprint density at radius 3 is 2.77 bits per heavy atom. The third kappa shape index (κ3) is 2.86. The number of hydrogen-bond acceptors (Lipinski definition) is 6. The molecule has 0 atom stereocenters. The van der Waals surface area contributed by atoms with Crippen LogP contribution in [0.25, 0.3) is 21.9 Å². The van der Waals surface area contributed by atoms with Crippen molar-refractivity contribution in [1.82, 2.24) is 14.5 Å². The molecule has 1 aliphatic heterocycles. The molecular weight excluding hydrogens is 386 g/mol. The molecule has 0 radical (unpaired) electrons. The van der Waals surface area contributed by atoms with Gasteiger partial charge in [-0.25, -0.2) is 4.98 Å². The van der Waals surface area contributed by atoms with Crippen LogP contribution in [0, 0.1) is 6.92 Å². The highest BCUT2D eigenvalue weighted by Gasteiger charge is 2.19. The number of carbonyl (C=O) groups excluding carboxylic acids is 1. The Bertz CT molecular complexity index is 1330. The van der Waals surface area contributed by atoms with E-state index < -0.39 is 5.91 Å². The lowest BCUT2D eigenvalue weighted by atomic mass is 10.2. The van der Waals surface area contributed by atoms with Crippen LogP contribution in [0.4, 0.5) is 5.69 Å². The summed E-state index contributed by atoms with van der Waals surface area (Å²) >= 11 is 0. The summed E-state index contributed by atoms with van der Waals surface area (Å²) in [5.41, 5.74) is 2.85. The second-order valence-corrected chi connectivity index (χ2v) is 6.98. The molecule has 2 aromatic heterocycles. The minimum atomic E-state index is -0.521. The van der Waals surface area contributed by atoms with E-state index in [-0.39, 0.29) is 11.6 Å². The van der Waals surface area contributed by atoms with Gasteiger partial charge in [-0.1, -0.05) is 0 Å². The molecule has 1 aliphatic rings. The predicted octanol–water partition coefficient (Wildman–Crippen LogP) is 4.25. The predicted molar refractivity (Wildman–Crippen MR) is 110 cm³/mol. The number of azo groups is 1. The standard InChI is InChI=1S/C21H19N5O4/c1-3-26-11(2)22-15-8-12(4-5-16(15)26)20(27)25-24-19-13-9-17-18(30-7-6-29-17)10-14(13)23-21(19)28/h4-5,8-10,23,28H,3,6-7H2,1-2H3. The van der Waals surface area contributed by atoms with E-state index in [2.05, 4.69) is 24.8 Å². The number of rotatable bonds is 3. The lowest BCUT2D eigenvalue weighted by molar-refractivity contribution is 0.0995. The molecule has 0 bridgehead atoms. The van der Waals surface area contributed by atoms with Gasteiger partial charge in [0.15, 0.2) is 17.2 Å². The van der Waals surface area contributed by atoms with E-state index in [0.29, 0.717) is 41.2 Å². The van der Waals surface area contributed by atoms with Gasteiger partial charge in [0.05, 0.1) is 16.6 Å². The molecule has 9 heteroatoms. The van der Waals surface area contributed by atoms with Crippen molar-refractivity contribution < 1.29 is 19.4 Å². The quantitative estimate of drug-likeness (QED) is 0.495. The Morgan fingerprint density at radius 2 is 2.00 bits per heavy atom. The lowest BCUT2D eigenvalue weighted by Crippen LogP contribution is -2.15. The summed E-state index contributed by atoms with van der Waals surface area (Å²) in [6, 6.07) is 8.70. The molecule has 152 valence electrons. The van der Waals surface area contributed by atoms with Crippen molar-refractivity contribution in [2.24, 2.45) is 10.2 Å². The Hall–Kier alpha value is -3.88. The Labute approximate surface area is 171 Å². The number of benzene rings is 2. The van der Waals surface area contributed by atoms with E-state index in [1.54, 1.807) is 24.3 Å². The minimum absolute atomic E-state index is 0.169. The molecule has 1 amide bonds. The molecule has 9 nitrogen and oxygen atoms in total. The van der Waals surface area contributed by atoms with Gasteiger partial charge in [0, 0.05) is 23.6 Å². The fraction of sp³-hybridized carbons (Fsp3) is 0.238. The highest BCUT2D eigenvalue weighted by atomic mass is 16.6. The van der Waals surface area contributed by atoms with E-state index in [9.17, 15) is 9.90 Å².